The van der Waals surface area contributed by atoms with Crippen molar-refractivity contribution in [3.8, 4) is 0 Å². The van der Waals surface area contributed by atoms with Crippen LogP contribution in [0.5, 0.6) is 0 Å². The van der Waals surface area contributed by atoms with Gasteiger partial charge in [0.05, 0.1) is 5.60 Å². The van der Waals surface area contributed by atoms with Crippen molar-refractivity contribution in [3.05, 3.63) is 35.6 Å². The van der Waals surface area contributed by atoms with E-state index in [0.29, 0.717) is 5.92 Å². The molecule has 1 aromatic carbocycles. The first-order valence-corrected chi connectivity index (χ1v) is 7.97. The van der Waals surface area contributed by atoms with Gasteiger partial charge in [-0.25, -0.2) is 4.39 Å². The fourth-order valence-electron chi connectivity index (χ4n) is 2.41. The van der Waals surface area contributed by atoms with Crippen LogP contribution in [0.25, 0.3) is 0 Å². The summed E-state index contributed by atoms with van der Waals surface area (Å²) in [6.45, 7) is 8.41. The fourth-order valence-corrected chi connectivity index (χ4v) is 2.41. The Bertz CT molecular complexity index is 406. The molecule has 1 atom stereocenters. The van der Waals surface area contributed by atoms with E-state index in [-0.39, 0.29) is 11.4 Å². The summed E-state index contributed by atoms with van der Waals surface area (Å²) in [6, 6.07) is 6.95. The van der Waals surface area contributed by atoms with Crippen LogP contribution >= 0.6 is 0 Å². The molecule has 0 radical (unpaired) electrons. The number of benzene rings is 1. The van der Waals surface area contributed by atoms with E-state index in [9.17, 15) is 4.39 Å². The zero-order chi connectivity index (χ0) is 15.7. The predicted molar refractivity (Wildman–Crippen MR) is 87.1 cm³/mol. The van der Waals surface area contributed by atoms with Crippen molar-refractivity contribution in [2.24, 2.45) is 5.92 Å². The summed E-state index contributed by atoms with van der Waals surface area (Å²) in [6.07, 6.45) is 4.13. The van der Waals surface area contributed by atoms with Gasteiger partial charge in [-0.2, -0.15) is 0 Å². The molecule has 3 heteroatoms. The zero-order valence-electron chi connectivity index (χ0n) is 13.9. The lowest BCUT2D eigenvalue weighted by molar-refractivity contribution is 0.0103. The van der Waals surface area contributed by atoms with Crippen LogP contribution in [0.15, 0.2) is 24.3 Å². The summed E-state index contributed by atoms with van der Waals surface area (Å²) in [5.41, 5.74) is 0.985. The van der Waals surface area contributed by atoms with E-state index in [1.54, 1.807) is 19.2 Å². The standard InChI is InChI=1S/C18H30FNO/c1-5-11-20-14-16(9-10-18(2,3)21-4)12-15-7-6-8-17(19)13-15/h6-8,13,16,20H,5,9-12,14H2,1-4H3. The number of nitrogens with one attached hydrogen (secondary N) is 1. The van der Waals surface area contributed by atoms with Crippen LogP contribution in [0.4, 0.5) is 4.39 Å². The van der Waals surface area contributed by atoms with Gasteiger partial charge in [-0.1, -0.05) is 19.1 Å². The van der Waals surface area contributed by atoms with Gasteiger partial charge in [0.2, 0.25) is 0 Å². The Balaban J connectivity index is 2.59. The van der Waals surface area contributed by atoms with E-state index in [2.05, 4.69) is 26.1 Å². The second-order valence-electron chi connectivity index (χ2n) is 6.41. The molecule has 0 spiro atoms. The van der Waals surface area contributed by atoms with Crippen LogP contribution in [0.1, 0.15) is 45.6 Å². The van der Waals surface area contributed by atoms with Crippen molar-refractivity contribution in [1.29, 1.82) is 0 Å². The third-order valence-electron chi connectivity index (χ3n) is 3.98. The van der Waals surface area contributed by atoms with Crippen LogP contribution in [0, 0.1) is 11.7 Å². The summed E-state index contributed by atoms with van der Waals surface area (Å²) in [5, 5.41) is 3.49. The van der Waals surface area contributed by atoms with E-state index in [0.717, 1.165) is 44.3 Å². The number of hydrogen-bond donors (Lipinski definition) is 1. The lowest BCUT2D eigenvalue weighted by Gasteiger charge is -2.26. The molecule has 0 fully saturated rings. The topological polar surface area (TPSA) is 21.3 Å². The molecule has 1 N–H and O–H groups in total. The zero-order valence-corrected chi connectivity index (χ0v) is 13.9. The molecule has 0 aromatic heterocycles. The summed E-state index contributed by atoms with van der Waals surface area (Å²) >= 11 is 0. The minimum atomic E-state index is -0.148. The third-order valence-corrected chi connectivity index (χ3v) is 3.98. The van der Waals surface area contributed by atoms with E-state index in [1.165, 1.54) is 6.07 Å². The second kappa shape index (κ2) is 9.16. The van der Waals surface area contributed by atoms with Crippen molar-refractivity contribution in [1.82, 2.24) is 5.32 Å². The first-order chi connectivity index (χ1) is 9.96. The Hall–Kier alpha value is -0.930. The molecule has 0 heterocycles. The molecule has 1 aromatic rings. The molecule has 2 nitrogen and oxygen atoms in total. The number of methoxy groups -OCH3 is 1. The Morgan fingerprint density at radius 1 is 1.33 bits per heavy atom. The van der Waals surface area contributed by atoms with Crippen molar-refractivity contribution in [3.63, 3.8) is 0 Å². The quantitative estimate of drug-likeness (QED) is 0.654. The predicted octanol–water partition coefficient (Wildman–Crippen LogP) is 4.19. The first kappa shape index (κ1) is 18.1. The fraction of sp³-hybridized carbons (Fsp3) is 0.667. The largest absolute Gasteiger partial charge is 0.379 e. The highest BCUT2D eigenvalue weighted by atomic mass is 19.1. The first-order valence-electron chi connectivity index (χ1n) is 7.97. The highest BCUT2D eigenvalue weighted by Crippen LogP contribution is 2.22. The van der Waals surface area contributed by atoms with Gasteiger partial charge in [0.25, 0.3) is 0 Å². The van der Waals surface area contributed by atoms with Gasteiger partial charge in [-0.15, -0.1) is 0 Å². The molecule has 1 unspecified atom stereocenters. The van der Waals surface area contributed by atoms with Crippen LogP contribution < -0.4 is 5.32 Å². The number of rotatable bonds is 10. The maximum atomic E-state index is 13.3. The lowest BCUT2D eigenvalue weighted by Crippen LogP contribution is -2.29. The molecule has 1 rings (SSSR count). The monoisotopic (exact) mass is 295 g/mol. The normalized spacial score (nSPS) is 13.4. The van der Waals surface area contributed by atoms with E-state index in [4.69, 9.17) is 4.74 Å². The molecule has 0 aliphatic rings. The van der Waals surface area contributed by atoms with Crippen LogP contribution in [0.3, 0.4) is 0 Å². The van der Waals surface area contributed by atoms with Crippen LogP contribution in [0.2, 0.25) is 0 Å². The van der Waals surface area contributed by atoms with Gasteiger partial charge in [0, 0.05) is 7.11 Å². The molecule has 0 amide bonds. The molecular formula is C18H30FNO. The van der Waals surface area contributed by atoms with Gasteiger partial charge in [0.15, 0.2) is 0 Å². The Labute approximate surface area is 129 Å². The Morgan fingerprint density at radius 3 is 2.71 bits per heavy atom. The van der Waals surface area contributed by atoms with E-state index in [1.807, 2.05) is 6.07 Å². The Morgan fingerprint density at radius 2 is 2.10 bits per heavy atom. The summed E-state index contributed by atoms with van der Waals surface area (Å²) in [5.74, 6) is 0.359. The van der Waals surface area contributed by atoms with Crippen LogP contribution in [-0.2, 0) is 11.2 Å². The second-order valence-corrected chi connectivity index (χ2v) is 6.41. The minimum Gasteiger partial charge on any atom is -0.379 e. The SMILES string of the molecule is CCCNCC(CCC(C)(C)OC)Cc1cccc(F)c1. The molecule has 120 valence electrons. The molecule has 0 saturated carbocycles. The van der Waals surface area contributed by atoms with Gasteiger partial charge >= 0.3 is 0 Å². The van der Waals surface area contributed by atoms with Crippen LogP contribution in [-0.4, -0.2) is 25.8 Å². The molecule has 21 heavy (non-hydrogen) atoms. The van der Waals surface area contributed by atoms with E-state index < -0.39 is 0 Å². The van der Waals surface area contributed by atoms with Gasteiger partial charge in [0.1, 0.15) is 5.82 Å². The van der Waals surface area contributed by atoms with Gasteiger partial charge in [-0.05, 0) is 76.2 Å². The number of hydrogen-bond acceptors (Lipinski definition) is 2. The number of ether oxygens (including phenoxy) is 1. The van der Waals surface area contributed by atoms with Crippen molar-refractivity contribution < 1.29 is 9.13 Å². The Kier molecular flexibility index (Phi) is 7.91. The maximum Gasteiger partial charge on any atom is 0.123 e. The summed E-state index contributed by atoms with van der Waals surface area (Å²) in [4.78, 5) is 0. The number of halogens is 1. The highest BCUT2D eigenvalue weighted by Gasteiger charge is 2.19. The smallest absolute Gasteiger partial charge is 0.123 e. The van der Waals surface area contributed by atoms with Gasteiger partial charge < -0.3 is 10.1 Å². The highest BCUT2D eigenvalue weighted by molar-refractivity contribution is 5.16. The average molecular weight is 295 g/mol. The maximum absolute atomic E-state index is 13.3. The van der Waals surface area contributed by atoms with Crippen molar-refractivity contribution >= 4 is 0 Å². The third kappa shape index (κ3) is 7.58. The molecule has 0 aliphatic heterocycles. The molecule has 0 aliphatic carbocycles. The summed E-state index contributed by atoms with van der Waals surface area (Å²) < 4.78 is 18.8. The molecule has 0 saturated heterocycles. The van der Waals surface area contributed by atoms with Gasteiger partial charge in [-0.3, -0.25) is 0 Å². The minimum absolute atomic E-state index is 0.0923. The molecular weight excluding hydrogens is 265 g/mol. The summed E-state index contributed by atoms with van der Waals surface area (Å²) in [7, 11) is 1.76. The van der Waals surface area contributed by atoms with Crippen molar-refractivity contribution in [2.75, 3.05) is 20.2 Å². The van der Waals surface area contributed by atoms with E-state index >= 15 is 0 Å². The van der Waals surface area contributed by atoms with Crippen molar-refractivity contribution in [2.45, 2.75) is 52.1 Å². The molecule has 0 bridgehead atoms. The average Bonchev–Trinajstić information content (AvgIpc) is 2.45. The lowest BCUT2D eigenvalue weighted by atomic mass is 9.90.